The molecule has 0 saturated heterocycles. The van der Waals surface area contributed by atoms with E-state index in [-0.39, 0.29) is 0 Å². The minimum Gasteiger partial charge on any atom is -0.383 e. The van der Waals surface area contributed by atoms with Crippen molar-refractivity contribution in [2.45, 2.75) is 0 Å². The Labute approximate surface area is 61.8 Å². The van der Waals surface area contributed by atoms with Crippen molar-refractivity contribution in [1.82, 2.24) is 9.97 Å². The molecule has 6 heteroatoms. The lowest BCUT2D eigenvalue weighted by molar-refractivity contribution is 1.10. The van der Waals surface area contributed by atoms with Gasteiger partial charge in [-0.1, -0.05) is 0 Å². The average molecular weight is 153 g/mol. The van der Waals surface area contributed by atoms with Gasteiger partial charge in [0.1, 0.15) is 11.5 Å². The highest BCUT2D eigenvalue weighted by molar-refractivity contribution is 5.78. The van der Waals surface area contributed by atoms with E-state index < -0.39 is 5.69 Å². The lowest BCUT2D eigenvalue weighted by atomic mass is 10.4. The lowest BCUT2D eigenvalue weighted by Crippen LogP contribution is -2.13. The number of aromatic nitrogens is 2. The van der Waals surface area contributed by atoms with Gasteiger partial charge in [0.05, 0.1) is 6.67 Å². The van der Waals surface area contributed by atoms with Crippen molar-refractivity contribution in [3.63, 3.8) is 0 Å². The quantitative estimate of drug-likeness (QED) is 0.389. The van der Waals surface area contributed by atoms with Crippen LogP contribution in [0, 0.1) is 0 Å². The lowest BCUT2D eigenvalue weighted by Gasteiger charge is -1.98. The number of nitrogen functional groups attached to an aromatic ring is 1. The van der Waals surface area contributed by atoms with E-state index in [0.717, 1.165) is 0 Å². The van der Waals surface area contributed by atoms with Gasteiger partial charge in [0, 0.05) is 0 Å². The summed E-state index contributed by atoms with van der Waals surface area (Å²) in [6.45, 7) is 0.559. The van der Waals surface area contributed by atoms with E-state index in [1.54, 1.807) is 0 Å². The van der Waals surface area contributed by atoms with Crippen LogP contribution in [-0.4, -0.2) is 16.6 Å². The predicted molar refractivity (Wildman–Crippen MR) is 41.4 cm³/mol. The molecule has 6 nitrogen and oxygen atoms in total. The zero-order chi connectivity index (χ0) is 7.84. The molecule has 1 aliphatic rings. The van der Waals surface area contributed by atoms with E-state index in [4.69, 9.17) is 5.73 Å². The van der Waals surface area contributed by atoms with Crippen LogP contribution >= 0.6 is 0 Å². The highest BCUT2D eigenvalue weighted by Gasteiger charge is 2.14. The maximum Gasteiger partial charge on any atom is 0.348 e. The largest absolute Gasteiger partial charge is 0.383 e. The van der Waals surface area contributed by atoms with E-state index in [9.17, 15) is 4.79 Å². The van der Waals surface area contributed by atoms with E-state index in [0.29, 0.717) is 24.0 Å². The smallest absolute Gasteiger partial charge is 0.348 e. The third-order valence-electron chi connectivity index (χ3n) is 1.48. The second-order valence-corrected chi connectivity index (χ2v) is 2.21. The van der Waals surface area contributed by atoms with Crippen LogP contribution in [0.5, 0.6) is 0 Å². The Morgan fingerprint density at radius 2 is 2.27 bits per heavy atom. The summed E-state index contributed by atoms with van der Waals surface area (Å²) < 4.78 is 0. The summed E-state index contributed by atoms with van der Waals surface area (Å²) >= 11 is 0. The average Bonchev–Trinajstić information content (AvgIpc) is 2.34. The monoisotopic (exact) mass is 153 g/mol. The summed E-state index contributed by atoms with van der Waals surface area (Å²) in [6, 6.07) is 0. The second kappa shape index (κ2) is 1.88. The first kappa shape index (κ1) is 6.02. The molecule has 0 bridgehead atoms. The van der Waals surface area contributed by atoms with Crippen LogP contribution in [0.2, 0.25) is 0 Å². The van der Waals surface area contributed by atoms with Crippen LogP contribution in [-0.2, 0) is 0 Å². The molecular formula is C5H7N5O. The highest BCUT2D eigenvalue weighted by atomic mass is 16.1. The van der Waals surface area contributed by atoms with Gasteiger partial charge >= 0.3 is 5.69 Å². The Morgan fingerprint density at radius 1 is 1.45 bits per heavy atom. The number of hydrogen-bond acceptors (Lipinski definition) is 5. The molecule has 0 spiro atoms. The Kier molecular flexibility index (Phi) is 1.03. The molecule has 1 aromatic heterocycles. The van der Waals surface area contributed by atoms with Crippen LogP contribution in [0.15, 0.2) is 4.79 Å². The Morgan fingerprint density at radius 3 is 3.09 bits per heavy atom. The third-order valence-corrected chi connectivity index (χ3v) is 1.48. The summed E-state index contributed by atoms with van der Waals surface area (Å²) in [6.07, 6.45) is 0. The van der Waals surface area contributed by atoms with Gasteiger partial charge in [-0.3, -0.25) is 4.98 Å². The number of anilines is 3. The number of rotatable bonds is 0. The molecule has 1 aromatic rings. The van der Waals surface area contributed by atoms with E-state index >= 15 is 0 Å². The van der Waals surface area contributed by atoms with Crippen LogP contribution < -0.4 is 22.1 Å². The Bertz CT molecular complexity index is 343. The maximum absolute atomic E-state index is 10.7. The van der Waals surface area contributed by atoms with Gasteiger partial charge in [0.2, 0.25) is 0 Å². The molecule has 0 aliphatic carbocycles. The summed E-state index contributed by atoms with van der Waals surface area (Å²) in [5, 5.41) is 5.79. The van der Waals surface area contributed by atoms with Crippen molar-refractivity contribution in [1.29, 1.82) is 0 Å². The first-order valence-electron chi connectivity index (χ1n) is 3.15. The van der Waals surface area contributed by atoms with Crippen LogP contribution in [0.4, 0.5) is 17.3 Å². The fourth-order valence-corrected chi connectivity index (χ4v) is 1.01. The molecule has 0 atom stereocenters. The standard InChI is InChI=1S/C5H7N5O/c6-3-2-4(8-1-7-2)10-5(11)9-3/h7H,1H2,(H4,6,8,9,10,11). The summed E-state index contributed by atoms with van der Waals surface area (Å²) in [4.78, 5) is 16.8. The van der Waals surface area contributed by atoms with Gasteiger partial charge in [0.25, 0.3) is 0 Å². The Balaban J connectivity index is 2.70. The molecule has 0 aromatic carbocycles. The van der Waals surface area contributed by atoms with Crippen molar-refractivity contribution in [3.8, 4) is 0 Å². The number of nitrogens with zero attached hydrogens (tertiary/aromatic N) is 1. The maximum atomic E-state index is 10.7. The first-order chi connectivity index (χ1) is 5.27. The molecule has 58 valence electrons. The van der Waals surface area contributed by atoms with Gasteiger partial charge < -0.3 is 16.4 Å². The molecule has 1 aliphatic heterocycles. The van der Waals surface area contributed by atoms with Gasteiger partial charge in [-0.05, 0) is 0 Å². The summed E-state index contributed by atoms with van der Waals surface area (Å²) in [7, 11) is 0. The van der Waals surface area contributed by atoms with Gasteiger partial charge in [0.15, 0.2) is 5.82 Å². The number of H-pyrrole nitrogens is 1. The molecule has 0 radical (unpaired) electrons. The molecule has 0 saturated carbocycles. The number of nitrogens with two attached hydrogens (primary N) is 1. The minimum atomic E-state index is -0.433. The van der Waals surface area contributed by atoms with Crippen molar-refractivity contribution in [2.24, 2.45) is 0 Å². The van der Waals surface area contributed by atoms with Crippen LogP contribution in [0.3, 0.4) is 0 Å². The molecule has 0 fully saturated rings. The van der Waals surface area contributed by atoms with E-state index in [1.165, 1.54) is 0 Å². The zero-order valence-electron chi connectivity index (χ0n) is 5.64. The third kappa shape index (κ3) is 0.794. The van der Waals surface area contributed by atoms with Crippen LogP contribution in [0.1, 0.15) is 0 Å². The van der Waals surface area contributed by atoms with Crippen molar-refractivity contribution < 1.29 is 0 Å². The zero-order valence-corrected chi connectivity index (χ0v) is 5.64. The van der Waals surface area contributed by atoms with Crippen molar-refractivity contribution in [2.75, 3.05) is 23.0 Å². The molecule has 2 heterocycles. The van der Waals surface area contributed by atoms with Crippen molar-refractivity contribution in [3.05, 3.63) is 10.5 Å². The van der Waals surface area contributed by atoms with Crippen LogP contribution in [0.25, 0.3) is 0 Å². The predicted octanol–water partition coefficient (Wildman–Crippen LogP) is -0.853. The van der Waals surface area contributed by atoms with Crippen molar-refractivity contribution >= 4 is 17.3 Å². The minimum absolute atomic E-state index is 0.324. The number of fused-ring (bicyclic) bond motifs is 1. The molecule has 5 N–H and O–H groups in total. The van der Waals surface area contributed by atoms with E-state index in [2.05, 4.69) is 20.6 Å². The normalized spacial score (nSPS) is 13.5. The SMILES string of the molecule is Nc1[nH]c(=O)nc2c1NCN2. The number of nitrogens with one attached hydrogen (secondary N) is 3. The van der Waals surface area contributed by atoms with Gasteiger partial charge in [-0.2, -0.15) is 4.98 Å². The van der Waals surface area contributed by atoms with Gasteiger partial charge in [-0.15, -0.1) is 0 Å². The molecule has 11 heavy (non-hydrogen) atoms. The fourth-order valence-electron chi connectivity index (χ4n) is 1.01. The topological polar surface area (TPSA) is 95.8 Å². The molecule has 2 rings (SSSR count). The first-order valence-corrected chi connectivity index (χ1v) is 3.15. The van der Waals surface area contributed by atoms with Gasteiger partial charge in [-0.25, -0.2) is 4.79 Å². The fraction of sp³-hybridized carbons (Fsp3) is 0.200. The molecule has 0 unspecified atom stereocenters. The summed E-state index contributed by atoms with van der Waals surface area (Å²) in [5.74, 6) is 0.844. The second-order valence-electron chi connectivity index (χ2n) is 2.21. The van der Waals surface area contributed by atoms with E-state index in [1.807, 2.05) is 0 Å². The molecular weight excluding hydrogens is 146 g/mol. The Hall–Kier alpha value is -1.72. The molecule has 0 amide bonds. The number of hydrogen-bond donors (Lipinski definition) is 4. The highest BCUT2D eigenvalue weighted by Crippen LogP contribution is 2.25. The summed E-state index contributed by atoms with van der Waals surface area (Å²) in [5.41, 5.74) is 5.71. The number of aromatic amines is 1.